The number of pyridine rings is 1. The van der Waals surface area contributed by atoms with Crippen molar-refractivity contribution in [1.29, 1.82) is 0 Å². The Kier molecular flexibility index (Phi) is 3.91. The topological polar surface area (TPSA) is 90.0 Å². The summed E-state index contributed by atoms with van der Waals surface area (Å²) in [5.74, 6) is 0.199. The van der Waals surface area contributed by atoms with Crippen LogP contribution in [0.25, 0.3) is 5.65 Å². The number of anilines is 1. The van der Waals surface area contributed by atoms with Crippen LogP contribution < -0.4 is 5.32 Å². The van der Waals surface area contributed by atoms with E-state index in [0.29, 0.717) is 23.6 Å². The molecule has 124 valence electrons. The van der Waals surface area contributed by atoms with Crippen molar-refractivity contribution in [3.63, 3.8) is 0 Å². The Morgan fingerprint density at radius 1 is 1.08 bits per heavy atom. The molecule has 4 aromatic rings. The van der Waals surface area contributed by atoms with Crippen LogP contribution in [0.3, 0.4) is 0 Å². The fraction of sp³-hybridized carbons (Fsp3) is 0.118. The molecular weight excluding hydrogens is 318 g/mol. The van der Waals surface area contributed by atoms with Gasteiger partial charge in [0, 0.05) is 49.5 Å². The van der Waals surface area contributed by atoms with Gasteiger partial charge in [0.05, 0.1) is 6.20 Å². The average molecular weight is 333 g/mol. The molecule has 0 saturated heterocycles. The van der Waals surface area contributed by atoms with E-state index in [9.17, 15) is 4.79 Å². The summed E-state index contributed by atoms with van der Waals surface area (Å²) in [6.07, 6.45) is 9.23. The van der Waals surface area contributed by atoms with Gasteiger partial charge in [-0.1, -0.05) is 6.07 Å². The Hall–Kier alpha value is -3.55. The number of carbonyl (C=O) groups is 1. The van der Waals surface area contributed by atoms with Crippen molar-refractivity contribution in [3.8, 4) is 0 Å². The van der Waals surface area contributed by atoms with Crippen molar-refractivity contribution in [2.24, 2.45) is 0 Å². The lowest BCUT2D eigenvalue weighted by Crippen LogP contribution is -2.13. The Morgan fingerprint density at radius 2 is 2.00 bits per heavy atom. The van der Waals surface area contributed by atoms with Gasteiger partial charge in [0.1, 0.15) is 5.56 Å². The largest absolute Gasteiger partial charge is 0.305 e. The number of hydrogen-bond acceptors (Lipinski definition) is 5. The Bertz CT molecular complexity index is 1010. The molecule has 1 amide bonds. The molecule has 0 saturated carbocycles. The highest BCUT2D eigenvalue weighted by Crippen LogP contribution is 2.11. The lowest BCUT2D eigenvalue weighted by Gasteiger charge is -2.02. The molecule has 1 N–H and O–H groups in total. The van der Waals surface area contributed by atoms with Crippen LogP contribution in [0.5, 0.6) is 0 Å². The van der Waals surface area contributed by atoms with Crippen molar-refractivity contribution >= 4 is 17.4 Å². The molecule has 8 heteroatoms. The Labute approximate surface area is 143 Å². The van der Waals surface area contributed by atoms with Gasteiger partial charge in [-0.3, -0.25) is 14.5 Å². The molecular formula is C17H15N7O. The van der Waals surface area contributed by atoms with E-state index in [4.69, 9.17) is 0 Å². The SMILES string of the molecule is O=C(Nc1ccn(CCc2ccccn2)n1)c1cnn2cccnc12. The van der Waals surface area contributed by atoms with Gasteiger partial charge in [-0.05, 0) is 18.2 Å². The number of aromatic nitrogens is 6. The maximum absolute atomic E-state index is 12.4. The van der Waals surface area contributed by atoms with Gasteiger partial charge < -0.3 is 5.32 Å². The second-order valence-electron chi connectivity index (χ2n) is 5.44. The molecule has 25 heavy (non-hydrogen) atoms. The Balaban J connectivity index is 1.43. The number of fused-ring (bicyclic) bond motifs is 1. The van der Waals surface area contributed by atoms with Gasteiger partial charge in [0.15, 0.2) is 11.5 Å². The number of nitrogens with one attached hydrogen (secondary N) is 1. The maximum Gasteiger partial charge on any atom is 0.262 e. The molecule has 0 atom stereocenters. The molecule has 4 aromatic heterocycles. The molecule has 0 unspecified atom stereocenters. The van der Waals surface area contributed by atoms with Gasteiger partial charge in [-0.25, -0.2) is 9.50 Å². The standard InChI is InChI=1S/C17H15N7O/c25-17(14-12-20-24-9-3-8-19-16(14)24)21-15-6-11-23(22-15)10-5-13-4-1-2-7-18-13/h1-4,6-9,11-12H,5,10H2,(H,21,22,25). The number of amides is 1. The lowest BCUT2D eigenvalue weighted by molar-refractivity contribution is 0.102. The third kappa shape index (κ3) is 3.23. The van der Waals surface area contributed by atoms with Crippen LogP contribution in [0.15, 0.2) is 61.3 Å². The summed E-state index contributed by atoms with van der Waals surface area (Å²) >= 11 is 0. The van der Waals surface area contributed by atoms with Crippen LogP contribution >= 0.6 is 0 Å². The second-order valence-corrected chi connectivity index (χ2v) is 5.44. The van der Waals surface area contributed by atoms with E-state index in [0.717, 1.165) is 12.1 Å². The molecule has 0 aliphatic rings. The minimum Gasteiger partial charge on any atom is -0.305 e. The first kappa shape index (κ1) is 15.0. The van der Waals surface area contributed by atoms with Crippen LogP contribution in [-0.4, -0.2) is 35.3 Å². The van der Waals surface area contributed by atoms with Crippen LogP contribution in [0, 0.1) is 0 Å². The zero-order valence-corrected chi connectivity index (χ0v) is 13.3. The van der Waals surface area contributed by atoms with Crippen molar-refractivity contribution in [1.82, 2.24) is 29.4 Å². The lowest BCUT2D eigenvalue weighted by atomic mass is 10.3. The summed E-state index contributed by atoms with van der Waals surface area (Å²) < 4.78 is 3.33. The van der Waals surface area contributed by atoms with Gasteiger partial charge in [0.25, 0.3) is 5.91 Å². The van der Waals surface area contributed by atoms with E-state index in [-0.39, 0.29) is 5.91 Å². The molecule has 4 heterocycles. The van der Waals surface area contributed by atoms with Crippen molar-refractivity contribution in [2.45, 2.75) is 13.0 Å². The molecule has 0 aliphatic carbocycles. The quantitative estimate of drug-likeness (QED) is 0.601. The van der Waals surface area contributed by atoms with E-state index in [2.05, 4.69) is 25.5 Å². The average Bonchev–Trinajstić information content (AvgIpc) is 3.27. The van der Waals surface area contributed by atoms with Gasteiger partial charge >= 0.3 is 0 Å². The van der Waals surface area contributed by atoms with Gasteiger partial charge in [0.2, 0.25) is 0 Å². The van der Waals surface area contributed by atoms with Crippen molar-refractivity contribution < 1.29 is 4.79 Å². The molecule has 4 rings (SSSR count). The van der Waals surface area contributed by atoms with E-state index in [1.165, 1.54) is 6.20 Å². The van der Waals surface area contributed by atoms with E-state index in [1.807, 2.05) is 24.4 Å². The maximum atomic E-state index is 12.4. The van der Waals surface area contributed by atoms with Crippen molar-refractivity contribution in [3.05, 3.63) is 72.6 Å². The normalized spacial score (nSPS) is 10.9. The third-order valence-electron chi connectivity index (χ3n) is 3.73. The van der Waals surface area contributed by atoms with E-state index >= 15 is 0 Å². The fourth-order valence-corrected chi connectivity index (χ4v) is 2.50. The number of carbonyl (C=O) groups excluding carboxylic acids is 1. The monoisotopic (exact) mass is 333 g/mol. The summed E-state index contributed by atoms with van der Waals surface area (Å²) in [4.78, 5) is 20.9. The minimum absolute atomic E-state index is 0.288. The summed E-state index contributed by atoms with van der Waals surface area (Å²) in [5.41, 5.74) is 1.92. The second kappa shape index (κ2) is 6.52. The molecule has 0 bridgehead atoms. The highest BCUT2D eigenvalue weighted by atomic mass is 16.1. The molecule has 0 aromatic carbocycles. The number of nitrogens with zero attached hydrogens (tertiary/aromatic N) is 6. The smallest absolute Gasteiger partial charge is 0.262 e. The number of hydrogen-bond donors (Lipinski definition) is 1. The summed E-state index contributed by atoms with van der Waals surface area (Å²) in [5, 5.41) is 11.3. The first-order chi connectivity index (χ1) is 12.3. The fourth-order valence-electron chi connectivity index (χ4n) is 2.50. The molecule has 8 nitrogen and oxygen atoms in total. The van der Waals surface area contributed by atoms with Crippen molar-refractivity contribution in [2.75, 3.05) is 5.32 Å². The molecule has 0 radical (unpaired) electrons. The summed E-state index contributed by atoms with van der Waals surface area (Å²) in [6, 6.07) is 9.34. The van der Waals surface area contributed by atoms with Gasteiger partial charge in [-0.15, -0.1) is 0 Å². The summed E-state index contributed by atoms with van der Waals surface area (Å²) in [7, 11) is 0. The zero-order chi connectivity index (χ0) is 17.1. The molecule has 0 aliphatic heterocycles. The van der Waals surface area contributed by atoms with E-state index in [1.54, 1.807) is 39.9 Å². The van der Waals surface area contributed by atoms with Crippen LogP contribution in [0.2, 0.25) is 0 Å². The predicted molar refractivity (Wildman–Crippen MR) is 91.1 cm³/mol. The minimum atomic E-state index is -0.288. The van der Waals surface area contributed by atoms with Crippen LogP contribution in [0.4, 0.5) is 5.82 Å². The number of rotatable bonds is 5. The molecule has 0 spiro atoms. The first-order valence-corrected chi connectivity index (χ1v) is 7.83. The zero-order valence-electron chi connectivity index (χ0n) is 13.3. The van der Waals surface area contributed by atoms with E-state index < -0.39 is 0 Å². The first-order valence-electron chi connectivity index (χ1n) is 7.83. The highest BCUT2D eigenvalue weighted by molar-refractivity contribution is 6.07. The third-order valence-corrected chi connectivity index (χ3v) is 3.73. The summed E-state index contributed by atoms with van der Waals surface area (Å²) in [6.45, 7) is 0.686. The predicted octanol–water partition coefficient (Wildman–Crippen LogP) is 1.82. The van der Waals surface area contributed by atoms with Gasteiger partial charge in [-0.2, -0.15) is 10.2 Å². The van der Waals surface area contributed by atoms with Crippen LogP contribution in [0.1, 0.15) is 16.1 Å². The number of aryl methyl sites for hydroxylation is 2. The molecule has 0 fully saturated rings. The van der Waals surface area contributed by atoms with Crippen LogP contribution in [-0.2, 0) is 13.0 Å². The highest BCUT2D eigenvalue weighted by Gasteiger charge is 2.14. The Morgan fingerprint density at radius 3 is 2.88 bits per heavy atom.